The van der Waals surface area contributed by atoms with Gasteiger partial charge >= 0.3 is 0 Å². The lowest BCUT2D eigenvalue weighted by Gasteiger charge is -2.25. The molecule has 0 aliphatic carbocycles. The van der Waals surface area contributed by atoms with Crippen molar-refractivity contribution in [3.63, 3.8) is 0 Å². The molecule has 1 N–H and O–H groups in total. The number of nitrogens with one attached hydrogen (secondary N) is 1. The van der Waals surface area contributed by atoms with Crippen molar-refractivity contribution >= 4 is 20.5 Å². The highest BCUT2D eigenvalue weighted by atomic mass is 31.0. The molecule has 3 heterocycles. The third kappa shape index (κ3) is 5.95. The zero-order valence-electron chi connectivity index (χ0n) is 21.8. The van der Waals surface area contributed by atoms with Crippen molar-refractivity contribution in [2.24, 2.45) is 0 Å². The molecule has 1 saturated heterocycles. The summed E-state index contributed by atoms with van der Waals surface area (Å²) in [6.07, 6.45) is 3.54. The molecule has 0 spiro atoms. The number of pyridine rings is 1. The molecule has 1 unspecified atom stereocenters. The number of benzene rings is 2. The molecule has 1 aliphatic rings. The van der Waals surface area contributed by atoms with Crippen LogP contribution < -0.4 is 20.9 Å². The molecule has 2 aromatic heterocycles. The van der Waals surface area contributed by atoms with Crippen molar-refractivity contribution in [2.45, 2.75) is 32.5 Å². The Labute approximate surface area is 228 Å². The number of aryl methyl sites for hydroxylation is 1. The van der Waals surface area contributed by atoms with E-state index in [4.69, 9.17) is 14.6 Å². The van der Waals surface area contributed by atoms with Gasteiger partial charge < -0.3 is 19.4 Å². The van der Waals surface area contributed by atoms with Gasteiger partial charge in [0.2, 0.25) is 0 Å². The topological polar surface area (TPSA) is 87.4 Å². The fraction of sp³-hybridized carbons (Fsp3) is 0.276. The van der Waals surface area contributed by atoms with Crippen molar-refractivity contribution in [2.75, 3.05) is 20.3 Å². The van der Waals surface area contributed by atoms with Crippen LogP contribution in [0.2, 0.25) is 0 Å². The molecule has 8 nitrogen and oxygen atoms in total. The van der Waals surface area contributed by atoms with Crippen LogP contribution in [-0.2, 0) is 24.4 Å². The smallest absolute Gasteiger partial charge is 0.255 e. The number of hydrogen-bond acceptors (Lipinski definition) is 5. The van der Waals surface area contributed by atoms with Crippen LogP contribution in [0.1, 0.15) is 44.2 Å². The van der Waals surface area contributed by atoms with E-state index in [1.165, 1.54) is 7.11 Å². The molecule has 0 radical (unpaired) electrons. The molecular weight excluding hydrogens is 518 g/mol. The van der Waals surface area contributed by atoms with Gasteiger partial charge in [-0.1, -0.05) is 30.3 Å². The second-order valence-electron chi connectivity index (χ2n) is 9.66. The molecule has 1 amide bonds. The Balaban J connectivity index is 1.30. The second kappa shape index (κ2) is 11.5. The van der Waals surface area contributed by atoms with Gasteiger partial charge in [0, 0.05) is 30.6 Å². The summed E-state index contributed by atoms with van der Waals surface area (Å²) in [6, 6.07) is 14.6. The summed E-state index contributed by atoms with van der Waals surface area (Å²) < 4.78 is 28.6. The van der Waals surface area contributed by atoms with E-state index in [0.717, 1.165) is 22.0 Å². The summed E-state index contributed by atoms with van der Waals surface area (Å²) in [7, 11) is 4.01. The first-order valence-corrected chi connectivity index (χ1v) is 13.2. The lowest BCUT2D eigenvalue weighted by molar-refractivity contribution is 0.00620. The number of ether oxygens (including phenoxy) is 2. The molecule has 5 rings (SSSR count). The van der Waals surface area contributed by atoms with Crippen molar-refractivity contribution in [3.05, 3.63) is 111 Å². The normalized spacial score (nSPS) is 13.2. The SMILES string of the molecule is COc1ccc(C)c(CNC(=O)c2cn(Cc3ccc(Cn4cc(P)ccc4=O)cc3)nc2C2COC2)c1F. The Bertz CT molecular complexity index is 1560. The molecule has 39 heavy (non-hydrogen) atoms. The first-order valence-electron chi connectivity index (χ1n) is 12.6. The molecule has 0 saturated carbocycles. The van der Waals surface area contributed by atoms with E-state index < -0.39 is 5.82 Å². The predicted molar refractivity (Wildman–Crippen MR) is 149 cm³/mol. The number of hydrogen-bond donors (Lipinski definition) is 1. The minimum atomic E-state index is -0.476. The van der Waals surface area contributed by atoms with Gasteiger partial charge in [-0.25, -0.2) is 4.39 Å². The number of rotatable bonds is 9. The van der Waals surface area contributed by atoms with E-state index in [9.17, 15) is 14.0 Å². The summed E-state index contributed by atoms with van der Waals surface area (Å²) in [5.74, 6) is -0.617. The zero-order valence-corrected chi connectivity index (χ0v) is 23.0. The molecule has 0 bridgehead atoms. The molecule has 1 fully saturated rings. The Hall–Kier alpha value is -3.81. The van der Waals surface area contributed by atoms with Crippen LogP contribution in [0.5, 0.6) is 5.75 Å². The third-order valence-electron chi connectivity index (χ3n) is 6.87. The van der Waals surface area contributed by atoms with Gasteiger partial charge in [-0.15, -0.1) is 9.24 Å². The number of methoxy groups -OCH3 is 1. The van der Waals surface area contributed by atoms with E-state index in [1.807, 2.05) is 30.5 Å². The third-order valence-corrected chi connectivity index (χ3v) is 7.22. The highest BCUT2D eigenvalue weighted by Crippen LogP contribution is 2.27. The van der Waals surface area contributed by atoms with E-state index in [2.05, 4.69) is 14.6 Å². The monoisotopic (exact) mass is 548 g/mol. The molecule has 1 aliphatic heterocycles. The summed E-state index contributed by atoms with van der Waals surface area (Å²) in [5, 5.41) is 8.51. The second-order valence-corrected chi connectivity index (χ2v) is 10.3. The van der Waals surface area contributed by atoms with Crippen LogP contribution in [-0.4, -0.2) is 40.6 Å². The average Bonchev–Trinajstić information content (AvgIpc) is 3.29. The molecular formula is C29H30FN4O4P. The van der Waals surface area contributed by atoms with Gasteiger partial charge in [-0.2, -0.15) is 5.10 Å². The minimum absolute atomic E-state index is 0.0314. The van der Waals surface area contributed by atoms with E-state index in [0.29, 0.717) is 43.1 Å². The number of amides is 1. The van der Waals surface area contributed by atoms with Gasteiger partial charge in [0.05, 0.1) is 50.6 Å². The maximum absolute atomic E-state index is 14.8. The summed E-state index contributed by atoms with van der Waals surface area (Å²) in [6.45, 7) is 3.79. The van der Waals surface area contributed by atoms with Crippen molar-refractivity contribution in [3.8, 4) is 5.75 Å². The van der Waals surface area contributed by atoms with Crippen molar-refractivity contribution < 1.29 is 18.7 Å². The van der Waals surface area contributed by atoms with Gasteiger partial charge in [0.25, 0.3) is 11.5 Å². The number of aromatic nitrogens is 3. The molecule has 4 aromatic rings. The summed E-state index contributed by atoms with van der Waals surface area (Å²) >= 11 is 0. The van der Waals surface area contributed by atoms with Gasteiger partial charge in [0.15, 0.2) is 11.6 Å². The first kappa shape index (κ1) is 26.8. The Morgan fingerprint density at radius 1 is 1.10 bits per heavy atom. The Morgan fingerprint density at radius 3 is 2.49 bits per heavy atom. The fourth-order valence-electron chi connectivity index (χ4n) is 4.53. The van der Waals surface area contributed by atoms with Crippen molar-refractivity contribution in [1.29, 1.82) is 0 Å². The Morgan fingerprint density at radius 2 is 1.82 bits per heavy atom. The number of nitrogens with zero attached hydrogens (tertiary/aromatic N) is 3. The maximum Gasteiger partial charge on any atom is 0.255 e. The van der Waals surface area contributed by atoms with Crippen LogP contribution in [0.25, 0.3) is 0 Å². The number of halogens is 1. The lowest BCUT2D eigenvalue weighted by Crippen LogP contribution is -2.30. The molecule has 1 atom stereocenters. The quantitative estimate of drug-likeness (QED) is 0.325. The molecule has 10 heteroatoms. The fourth-order valence-corrected chi connectivity index (χ4v) is 4.81. The average molecular weight is 549 g/mol. The van der Waals surface area contributed by atoms with E-state index in [1.54, 1.807) is 46.6 Å². The lowest BCUT2D eigenvalue weighted by atomic mass is 10.00. The molecule has 2 aromatic carbocycles. The minimum Gasteiger partial charge on any atom is -0.494 e. The van der Waals surface area contributed by atoms with Crippen LogP contribution >= 0.6 is 9.24 Å². The number of carbonyl (C=O) groups excluding carboxylic acids is 1. The summed E-state index contributed by atoms with van der Waals surface area (Å²) in [5.41, 5.74) is 4.20. The molecule has 202 valence electrons. The standard InChI is InChI=1S/C29H30FN4O4P/c1-18-3-9-25(37-2)27(30)23(18)11-31-29(36)24-15-34(32-28(24)21-16-38-17-21)13-20-6-4-19(5-7-20)12-33-14-22(39)8-10-26(33)35/h3-10,14-15,21H,11-13,16-17,39H2,1-2H3,(H,31,36). The zero-order chi connectivity index (χ0) is 27.5. The summed E-state index contributed by atoms with van der Waals surface area (Å²) in [4.78, 5) is 25.3. The maximum atomic E-state index is 14.8. The highest BCUT2D eigenvalue weighted by molar-refractivity contribution is 7.27. The largest absolute Gasteiger partial charge is 0.494 e. The van der Waals surface area contributed by atoms with Crippen LogP contribution in [0.4, 0.5) is 4.39 Å². The van der Waals surface area contributed by atoms with Crippen molar-refractivity contribution in [1.82, 2.24) is 19.7 Å². The Kier molecular flexibility index (Phi) is 7.91. The van der Waals surface area contributed by atoms with Gasteiger partial charge in [0.1, 0.15) is 0 Å². The van der Waals surface area contributed by atoms with Gasteiger partial charge in [-0.05, 0) is 41.1 Å². The van der Waals surface area contributed by atoms with E-state index >= 15 is 0 Å². The van der Waals surface area contributed by atoms with Crippen LogP contribution in [0, 0.1) is 12.7 Å². The van der Waals surface area contributed by atoms with Gasteiger partial charge in [-0.3, -0.25) is 14.3 Å². The first-order chi connectivity index (χ1) is 18.8. The number of carbonyl (C=O) groups is 1. The highest BCUT2D eigenvalue weighted by Gasteiger charge is 2.29. The predicted octanol–water partition coefficient (Wildman–Crippen LogP) is 3.14. The van der Waals surface area contributed by atoms with Crippen LogP contribution in [0.3, 0.4) is 0 Å². The van der Waals surface area contributed by atoms with Crippen LogP contribution in [0.15, 0.2) is 65.7 Å². The van der Waals surface area contributed by atoms with E-state index in [-0.39, 0.29) is 29.7 Å².